The van der Waals surface area contributed by atoms with Gasteiger partial charge in [-0.15, -0.1) is 24.8 Å². The fourth-order valence-corrected chi connectivity index (χ4v) is 3.10. The van der Waals surface area contributed by atoms with E-state index in [9.17, 15) is 0 Å². The number of methoxy groups -OCH3 is 2. The summed E-state index contributed by atoms with van der Waals surface area (Å²) in [5.74, 6) is 1.71. The van der Waals surface area contributed by atoms with Crippen molar-refractivity contribution in [3.63, 3.8) is 0 Å². The van der Waals surface area contributed by atoms with Gasteiger partial charge in [0.05, 0.1) is 14.2 Å². The van der Waals surface area contributed by atoms with Gasteiger partial charge < -0.3 is 14.8 Å². The largest absolute Gasteiger partial charge is 0.493 e. The summed E-state index contributed by atoms with van der Waals surface area (Å²) >= 11 is 0. The molecule has 1 saturated heterocycles. The summed E-state index contributed by atoms with van der Waals surface area (Å²) in [6.07, 6.45) is 3.61. The lowest BCUT2D eigenvalue weighted by atomic mass is 9.97. The van der Waals surface area contributed by atoms with E-state index in [1.165, 1.54) is 24.8 Å². The van der Waals surface area contributed by atoms with Gasteiger partial charge >= 0.3 is 0 Å². The number of ether oxygens (including phenoxy) is 2. The lowest BCUT2D eigenvalue weighted by Gasteiger charge is -2.36. The second-order valence-electron chi connectivity index (χ2n) is 5.53. The molecule has 1 atom stereocenters. The summed E-state index contributed by atoms with van der Waals surface area (Å²) in [4.78, 5) is 2.57. The normalized spacial score (nSPS) is 16.0. The van der Waals surface area contributed by atoms with Gasteiger partial charge in [0.2, 0.25) is 0 Å². The predicted octanol–water partition coefficient (Wildman–Crippen LogP) is 3.68. The maximum absolute atomic E-state index is 5.65. The molecular formula is C17H30Cl2N2O2. The Morgan fingerprint density at radius 3 is 2.39 bits per heavy atom. The van der Waals surface area contributed by atoms with Gasteiger partial charge in [0.15, 0.2) is 11.5 Å². The van der Waals surface area contributed by atoms with Crippen LogP contribution in [0, 0.1) is 0 Å². The number of hydrogen-bond acceptors (Lipinski definition) is 4. The third-order valence-electron chi connectivity index (χ3n) is 4.22. The first kappa shape index (κ1) is 22.3. The standard InChI is InChI=1S/C17H28N2O2.2ClH/c1-4-5-8-15(19-12-10-18-11-13-19)14-7-6-9-16(20-2)17(14)21-3;;/h6-7,9,15,18H,4-5,8,10-13H2,1-3H3;2*1H/t15-;;/m1../s1. The summed E-state index contributed by atoms with van der Waals surface area (Å²) in [5.41, 5.74) is 1.26. The Morgan fingerprint density at radius 2 is 1.83 bits per heavy atom. The summed E-state index contributed by atoms with van der Waals surface area (Å²) < 4.78 is 11.1. The topological polar surface area (TPSA) is 33.7 Å². The van der Waals surface area contributed by atoms with Crippen molar-refractivity contribution < 1.29 is 9.47 Å². The van der Waals surface area contributed by atoms with Crippen molar-refractivity contribution in [2.45, 2.75) is 32.2 Å². The first-order valence-electron chi connectivity index (χ1n) is 7.97. The number of hydrogen-bond donors (Lipinski definition) is 1. The van der Waals surface area contributed by atoms with Crippen LogP contribution >= 0.6 is 24.8 Å². The van der Waals surface area contributed by atoms with Crippen LogP contribution in [0.15, 0.2) is 18.2 Å². The van der Waals surface area contributed by atoms with Gasteiger partial charge in [-0.3, -0.25) is 4.90 Å². The van der Waals surface area contributed by atoms with Crippen molar-refractivity contribution in [1.29, 1.82) is 0 Å². The molecule has 23 heavy (non-hydrogen) atoms. The molecule has 1 N–H and O–H groups in total. The van der Waals surface area contributed by atoms with E-state index < -0.39 is 0 Å². The molecule has 0 aromatic heterocycles. The molecule has 1 aliphatic rings. The summed E-state index contributed by atoms with van der Waals surface area (Å²) in [6, 6.07) is 6.63. The number of halogens is 2. The first-order chi connectivity index (χ1) is 10.3. The molecular weight excluding hydrogens is 335 g/mol. The van der Waals surface area contributed by atoms with Crippen LogP contribution in [0.2, 0.25) is 0 Å². The molecule has 1 aromatic rings. The van der Waals surface area contributed by atoms with E-state index in [4.69, 9.17) is 9.47 Å². The van der Waals surface area contributed by atoms with Crippen LogP contribution in [0.25, 0.3) is 0 Å². The summed E-state index contributed by atoms with van der Waals surface area (Å²) in [6.45, 7) is 6.56. The SMILES string of the molecule is CCCC[C@H](c1cccc(OC)c1OC)N1CCNCC1.Cl.Cl. The minimum atomic E-state index is 0. The molecule has 0 amide bonds. The molecule has 2 rings (SSSR count). The van der Waals surface area contributed by atoms with Crippen LogP contribution in [-0.2, 0) is 0 Å². The van der Waals surface area contributed by atoms with Crippen LogP contribution in [0.5, 0.6) is 11.5 Å². The van der Waals surface area contributed by atoms with Crippen LogP contribution in [0.4, 0.5) is 0 Å². The van der Waals surface area contributed by atoms with E-state index >= 15 is 0 Å². The van der Waals surface area contributed by atoms with Gasteiger partial charge in [-0.25, -0.2) is 0 Å². The molecule has 1 fully saturated rings. The van der Waals surface area contributed by atoms with E-state index in [1.807, 2.05) is 6.07 Å². The van der Waals surface area contributed by atoms with Crippen molar-refractivity contribution in [3.05, 3.63) is 23.8 Å². The van der Waals surface area contributed by atoms with Crippen molar-refractivity contribution in [3.8, 4) is 11.5 Å². The molecule has 6 heteroatoms. The Balaban J connectivity index is 0.00000242. The smallest absolute Gasteiger partial charge is 0.165 e. The molecule has 0 radical (unpaired) electrons. The summed E-state index contributed by atoms with van der Waals surface area (Å²) in [7, 11) is 3.43. The Bertz CT molecular complexity index is 441. The van der Waals surface area contributed by atoms with Gasteiger partial charge in [-0.1, -0.05) is 31.9 Å². The van der Waals surface area contributed by atoms with E-state index in [0.29, 0.717) is 6.04 Å². The van der Waals surface area contributed by atoms with Crippen LogP contribution in [0.1, 0.15) is 37.8 Å². The lowest BCUT2D eigenvalue weighted by Crippen LogP contribution is -2.45. The van der Waals surface area contributed by atoms with Gasteiger partial charge in [-0.05, 0) is 12.5 Å². The maximum Gasteiger partial charge on any atom is 0.165 e. The zero-order valence-electron chi connectivity index (χ0n) is 14.3. The molecule has 1 aliphatic heterocycles. The molecule has 0 unspecified atom stereocenters. The Kier molecular flexibility index (Phi) is 11.4. The molecule has 0 bridgehead atoms. The van der Waals surface area contributed by atoms with E-state index in [1.54, 1.807) is 14.2 Å². The van der Waals surface area contributed by atoms with E-state index in [0.717, 1.165) is 37.7 Å². The van der Waals surface area contributed by atoms with Crippen molar-refractivity contribution >= 4 is 24.8 Å². The Labute approximate surface area is 152 Å². The fourth-order valence-electron chi connectivity index (χ4n) is 3.10. The molecule has 0 aliphatic carbocycles. The highest BCUT2D eigenvalue weighted by Crippen LogP contribution is 2.39. The molecule has 0 saturated carbocycles. The monoisotopic (exact) mass is 364 g/mol. The minimum Gasteiger partial charge on any atom is -0.493 e. The molecule has 4 nitrogen and oxygen atoms in total. The number of benzene rings is 1. The number of nitrogens with zero attached hydrogens (tertiary/aromatic N) is 1. The van der Waals surface area contributed by atoms with Crippen LogP contribution in [0.3, 0.4) is 0 Å². The first-order valence-corrected chi connectivity index (χ1v) is 7.97. The second-order valence-corrected chi connectivity index (χ2v) is 5.53. The zero-order chi connectivity index (χ0) is 15.1. The van der Waals surface area contributed by atoms with Crippen molar-refractivity contribution in [2.75, 3.05) is 40.4 Å². The number of piperazine rings is 1. The van der Waals surface area contributed by atoms with Crippen molar-refractivity contribution in [2.24, 2.45) is 0 Å². The molecule has 1 aromatic carbocycles. The van der Waals surface area contributed by atoms with Gasteiger partial charge in [0.1, 0.15) is 0 Å². The molecule has 0 spiro atoms. The van der Waals surface area contributed by atoms with Crippen LogP contribution < -0.4 is 14.8 Å². The molecule has 134 valence electrons. The Hall–Kier alpha value is -0.680. The minimum absolute atomic E-state index is 0. The highest BCUT2D eigenvalue weighted by Gasteiger charge is 2.25. The van der Waals surface area contributed by atoms with E-state index in [2.05, 4.69) is 29.3 Å². The van der Waals surface area contributed by atoms with Crippen LogP contribution in [-0.4, -0.2) is 45.3 Å². The second kappa shape index (κ2) is 11.8. The van der Waals surface area contributed by atoms with Crippen molar-refractivity contribution in [1.82, 2.24) is 10.2 Å². The number of unbranched alkanes of at least 4 members (excludes halogenated alkanes) is 1. The van der Waals surface area contributed by atoms with Gasteiger partial charge in [0.25, 0.3) is 0 Å². The Morgan fingerprint density at radius 1 is 1.13 bits per heavy atom. The quantitative estimate of drug-likeness (QED) is 0.799. The zero-order valence-corrected chi connectivity index (χ0v) is 16.0. The lowest BCUT2D eigenvalue weighted by molar-refractivity contribution is 0.160. The predicted molar refractivity (Wildman–Crippen MR) is 101 cm³/mol. The highest BCUT2D eigenvalue weighted by molar-refractivity contribution is 5.85. The highest BCUT2D eigenvalue weighted by atomic mass is 35.5. The average molecular weight is 365 g/mol. The summed E-state index contributed by atoms with van der Waals surface area (Å²) in [5, 5.41) is 3.43. The number of rotatable bonds is 7. The third kappa shape index (κ3) is 5.71. The van der Waals surface area contributed by atoms with E-state index in [-0.39, 0.29) is 24.8 Å². The third-order valence-corrected chi connectivity index (χ3v) is 4.22. The van der Waals surface area contributed by atoms with Gasteiger partial charge in [-0.2, -0.15) is 0 Å². The van der Waals surface area contributed by atoms with Gasteiger partial charge in [0, 0.05) is 37.8 Å². The number of para-hydroxylation sites is 1. The molecule has 1 heterocycles. The fraction of sp³-hybridized carbons (Fsp3) is 0.647. The average Bonchev–Trinajstić information content (AvgIpc) is 2.55. The maximum atomic E-state index is 5.65. The number of nitrogens with one attached hydrogen (secondary N) is 1.